The van der Waals surface area contributed by atoms with Crippen LogP contribution in [0.2, 0.25) is 0 Å². The number of carbonyl (C=O) groups excluding carboxylic acids is 2. The minimum absolute atomic E-state index is 0.000748. The fraction of sp³-hybridized carbons (Fsp3) is 0.241. The zero-order valence-electron chi connectivity index (χ0n) is 21.0. The number of ether oxygens (including phenoxy) is 1. The van der Waals surface area contributed by atoms with Gasteiger partial charge in [-0.05, 0) is 47.9 Å². The van der Waals surface area contributed by atoms with Crippen molar-refractivity contribution in [2.45, 2.75) is 30.6 Å². The molecule has 0 radical (unpaired) electrons. The highest BCUT2D eigenvalue weighted by molar-refractivity contribution is 7.92. The monoisotopic (exact) mass is 516 g/mol. The smallest absolute Gasteiger partial charge is 0.338 e. The Labute approximate surface area is 217 Å². The van der Waals surface area contributed by atoms with Crippen LogP contribution >= 0.6 is 0 Å². The van der Waals surface area contributed by atoms with E-state index in [1.807, 2.05) is 62.2 Å². The van der Waals surface area contributed by atoms with E-state index < -0.39 is 22.6 Å². The van der Waals surface area contributed by atoms with Gasteiger partial charge in [0.15, 0.2) is 12.4 Å². The minimum atomic E-state index is -3.86. The van der Waals surface area contributed by atoms with Crippen molar-refractivity contribution in [1.82, 2.24) is 0 Å². The molecule has 2 aliphatic rings. The van der Waals surface area contributed by atoms with E-state index in [9.17, 15) is 18.0 Å². The van der Waals surface area contributed by atoms with Gasteiger partial charge >= 0.3 is 5.97 Å². The van der Waals surface area contributed by atoms with Crippen molar-refractivity contribution in [1.29, 1.82) is 0 Å². The summed E-state index contributed by atoms with van der Waals surface area (Å²) in [5, 5.41) is 0. The van der Waals surface area contributed by atoms with Crippen molar-refractivity contribution < 1.29 is 22.7 Å². The first-order chi connectivity index (χ1) is 17.6. The number of para-hydroxylation sites is 2. The number of sulfonamides is 1. The lowest BCUT2D eigenvalue weighted by Gasteiger charge is -2.23. The molecule has 190 valence electrons. The van der Waals surface area contributed by atoms with Crippen molar-refractivity contribution in [2.75, 3.05) is 29.4 Å². The third-order valence-electron chi connectivity index (χ3n) is 7.09. The topological polar surface area (TPSA) is 84.0 Å². The van der Waals surface area contributed by atoms with Crippen molar-refractivity contribution in [2.24, 2.45) is 0 Å². The van der Waals surface area contributed by atoms with Crippen LogP contribution in [0.4, 0.5) is 11.4 Å². The molecule has 7 nitrogen and oxygen atoms in total. The van der Waals surface area contributed by atoms with Crippen LogP contribution in [-0.4, -0.2) is 40.4 Å². The molecule has 5 rings (SSSR count). The van der Waals surface area contributed by atoms with E-state index in [1.54, 1.807) is 12.1 Å². The summed E-state index contributed by atoms with van der Waals surface area (Å²) >= 11 is 0. The summed E-state index contributed by atoms with van der Waals surface area (Å²) in [6.07, 6.45) is 2.14. The second-order valence-corrected chi connectivity index (χ2v) is 11.6. The average Bonchev–Trinajstić information content (AvgIpc) is 3.42. The Balaban J connectivity index is 1.30. The van der Waals surface area contributed by atoms with Crippen LogP contribution in [0.15, 0.2) is 89.5 Å². The summed E-state index contributed by atoms with van der Waals surface area (Å²) in [4.78, 5) is 27.5. The molecule has 2 aliphatic heterocycles. The number of hydrogen-bond donors (Lipinski definition) is 0. The van der Waals surface area contributed by atoms with Crippen molar-refractivity contribution in [3.05, 3.63) is 101 Å². The van der Waals surface area contributed by atoms with Gasteiger partial charge in [0.25, 0.3) is 10.0 Å². The number of allylic oxidation sites excluding steroid dienone is 1. The highest BCUT2D eigenvalue weighted by atomic mass is 32.2. The van der Waals surface area contributed by atoms with Crippen LogP contribution in [0, 0.1) is 0 Å². The first kappa shape index (κ1) is 24.8. The van der Waals surface area contributed by atoms with Crippen LogP contribution in [0.25, 0.3) is 0 Å². The standard InChI is InChI=1S/C29H28N2O5S/c1-29(2)24-12-5-7-14-26(24)30(3)27(29)18-22(32)19-36-28(33)21-10-8-11-23(17-21)37(34,35)31-16-15-20-9-4-6-13-25(20)31/h4-14,17-18H,15-16,19H2,1-3H3. The Morgan fingerprint density at radius 2 is 1.68 bits per heavy atom. The lowest BCUT2D eigenvalue weighted by atomic mass is 9.83. The maximum Gasteiger partial charge on any atom is 0.338 e. The number of likely N-dealkylation sites (N-methyl/N-ethyl adjacent to an activating group) is 1. The number of carbonyl (C=O) groups is 2. The third kappa shape index (κ3) is 4.31. The molecule has 3 aromatic carbocycles. The van der Waals surface area contributed by atoms with Gasteiger partial charge in [0.1, 0.15) is 0 Å². The van der Waals surface area contributed by atoms with Crippen molar-refractivity contribution in [3.63, 3.8) is 0 Å². The molecule has 8 heteroatoms. The van der Waals surface area contributed by atoms with Gasteiger partial charge in [0.05, 0.1) is 16.1 Å². The molecule has 0 spiro atoms. The Morgan fingerprint density at radius 3 is 2.43 bits per heavy atom. The SMILES string of the molecule is CN1C(=CC(=O)COC(=O)c2cccc(S(=O)(=O)N3CCc4ccccc43)c2)C(C)(C)c2ccccc21. The quantitative estimate of drug-likeness (QED) is 0.355. The highest BCUT2D eigenvalue weighted by Gasteiger charge is 2.38. The van der Waals surface area contributed by atoms with Crippen LogP contribution in [0.3, 0.4) is 0 Å². The molecule has 37 heavy (non-hydrogen) atoms. The number of anilines is 2. The van der Waals surface area contributed by atoms with E-state index in [0.717, 1.165) is 22.5 Å². The number of ketones is 1. The minimum Gasteiger partial charge on any atom is -0.454 e. The predicted octanol–water partition coefficient (Wildman–Crippen LogP) is 4.48. The fourth-order valence-corrected chi connectivity index (χ4v) is 6.69. The molecule has 0 amide bonds. The fourth-order valence-electron chi connectivity index (χ4n) is 5.14. The van der Waals surface area contributed by atoms with Crippen LogP contribution < -0.4 is 9.21 Å². The summed E-state index contributed by atoms with van der Waals surface area (Å²) < 4.78 is 33.3. The number of nitrogens with zero attached hydrogens (tertiary/aromatic N) is 2. The highest BCUT2D eigenvalue weighted by Crippen LogP contribution is 2.46. The number of benzene rings is 3. The van der Waals surface area contributed by atoms with Gasteiger partial charge in [0.2, 0.25) is 0 Å². The largest absolute Gasteiger partial charge is 0.454 e. The third-order valence-corrected chi connectivity index (χ3v) is 8.90. The molecule has 2 heterocycles. The van der Waals surface area contributed by atoms with Gasteiger partial charge in [-0.25, -0.2) is 13.2 Å². The average molecular weight is 517 g/mol. The second kappa shape index (κ2) is 9.19. The van der Waals surface area contributed by atoms with E-state index in [1.165, 1.54) is 34.6 Å². The summed E-state index contributed by atoms with van der Waals surface area (Å²) in [6.45, 7) is 3.99. The molecule has 0 N–H and O–H groups in total. The first-order valence-corrected chi connectivity index (χ1v) is 13.5. The first-order valence-electron chi connectivity index (χ1n) is 12.1. The lowest BCUT2D eigenvalue weighted by Crippen LogP contribution is -2.29. The lowest BCUT2D eigenvalue weighted by molar-refractivity contribution is -0.117. The Bertz CT molecular complexity index is 1540. The normalized spacial score (nSPS) is 17.0. The Kier molecular flexibility index (Phi) is 6.15. The summed E-state index contributed by atoms with van der Waals surface area (Å²) in [5.74, 6) is -1.11. The number of esters is 1. The number of rotatable bonds is 6. The van der Waals surface area contributed by atoms with Crippen molar-refractivity contribution >= 4 is 33.2 Å². The van der Waals surface area contributed by atoms with E-state index >= 15 is 0 Å². The van der Waals surface area contributed by atoms with E-state index in [0.29, 0.717) is 18.7 Å². The van der Waals surface area contributed by atoms with Gasteiger partial charge in [-0.15, -0.1) is 0 Å². The van der Waals surface area contributed by atoms with Gasteiger partial charge in [0, 0.05) is 36.5 Å². The molecule has 0 bridgehead atoms. The zero-order valence-corrected chi connectivity index (χ0v) is 21.8. The molecule has 0 aliphatic carbocycles. The van der Waals surface area contributed by atoms with Gasteiger partial charge < -0.3 is 9.64 Å². The molecule has 0 unspecified atom stereocenters. The summed E-state index contributed by atoms with van der Waals surface area (Å²) in [5.41, 5.74) is 4.27. The zero-order chi connectivity index (χ0) is 26.4. The van der Waals surface area contributed by atoms with E-state index in [2.05, 4.69) is 0 Å². The molecular weight excluding hydrogens is 488 g/mol. The second-order valence-electron chi connectivity index (χ2n) is 9.76. The van der Waals surface area contributed by atoms with Crippen LogP contribution in [0.1, 0.15) is 35.3 Å². The number of fused-ring (bicyclic) bond motifs is 2. The molecule has 0 saturated heterocycles. The van der Waals surface area contributed by atoms with Crippen LogP contribution in [0.5, 0.6) is 0 Å². The maximum atomic E-state index is 13.3. The van der Waals surface area contributed by atoms with E-state index in [-0.39, 0.29) is 21.7 Å². The Hall–Kier alpha value is -3.91. The molecule has 0 fully saturated rings. The summed E-state index contributed by atoms with van der Waals surface area (Å²) in [6, 6.07) is 21.1. The Morgan fingerprint density at radius 1 is 0.973 bits per heavy atom. The van der Waals surface area contributed by atoms with Gasteiger partial charge in [-0.2, -0.15) is 0 Å². The van der Waals surface area contributed by atoms with Crippen LogP contribution in [-0.2, 0) is 31.4 Å². The molecule has 0 atom stereocenters. The molecule has 0 saturated carbocycles. The van der Waals surface area contributed by atoms with Crippen molar-refractivity contribution in [3.8, 4) is 0 Å². The van der Waals surface area contributed by atoms with Gasteiger partial charge in [-0.3, -0.25) is 9.10 Å². The molecular formula is C29H28N2O5S. The van der Waals surface area contributed by atoms with E-state index in [4.69, 9.17) is 4.74 Å². The molecule has 3 aromatic rings. The van der Waals surface area contributed by atoms with Gasteiger partial charge in [-0.1, -0.05) is 56.3 Å². The summed E-state index contributed by atoms with van der Waals surface area (Å²) in [7, 11) is -1.95. The predicted molar refractivity (Wildman–Crippen MR) is 142 cm³/mol. The maximum absolute atomic E-state index is 13.3. The number of hydrogen-bond acceptors (Lipinski definition) is 6. The molecule has 0 aromatic heterocycles.